The molecule has 0 bridgehead atoms. The van der Waals surface area contributed by atoms with Gasteiger partial charge in [-0.05, 0) is 42.3 Å². The molecule has 8 nitrogen and oxygen atoms in total. The van der Waals surface area contributed by atoms with Crippen LogP contribution in [0.1, 0.15) is 0 Å². The van der Waals surface area contributed by atoms with E-state index >= 15 is 0 Å². The fraction of sp³-hybridized carbons (Fsp3) is 0. The Bertz CT molecular complexity index is 1250. The van der Waals surface area contributed by atoms with Crippen molar-refractivity contribution in [3.8, 4) is 5.75 Å². The number of hydrogen-bond donors (Lipinski definition) is 3. The third-order valence-corrected chi connectivity index (χ3v) is 5.18. The second-order valence-corrected chi connectivity index (χ2v) is 7.44. The van der Waals surface area contributed by atoms with Crippen molar-refractivity contribution >= 4 is 57.6 Å². The smallest absolute Gasteiger partial charge is 0.270 e. The van der Waals surface area contributed by atoms with Crippen molar-refractivity contribution in [2.45, 2.75) is 4.90 Å². The molecule has 0 amide bonds. The van der Waals surface area contributed by atoms with Crippen LogP contribution < -0.4 is 10.0 Å². The van der Waals surface area contributed by atoms with Crippen molar-refractivity contribution in [3.05, 3.63) is 81.9 Å². The van der Waals surface area contributed by atoms with Gasteiger partial charge in [0, 0.05) is 23.1 Å². The van der Waals surface area contributed by atoms with Crippen LogP contribution in [0.3, 0.4) is 0 Å². The molecule has 0 unspecified atom stereocenters. The van der Waals surface area contributed by atoms with Crippen molar-refractivity contribution in [2.75, 3.05) is 10.0 Å². The van der Waals surface area contributed by atoms with Gasteiger partial charge in [0.25, 0.3) is 5.69 Å². The number of halogens is 1. The van der Waals surface area contributed by atoms with Crippen LogP contribution in [0, 0.1) is 10.1 Å². The lowest BCUT2D eigenvalue weighted by Gasteiger charge is -2.14. The number of nitro groups is 1. The molecule has 3 N–H and O–H groups in total. The van der Waals surface area contributed by atoms with E-state index in [0.29, 0.717) is 38.3 Å². The molecule has 0 saturated heterocycles. The Hall–Kier alpha value is -3.56. The summed E-state index contributed by atoms with van der Waals surface area (Å²) in [5.74, 6) is 0.847. The predicted octanol–water partition coefficient (Wildman–Crippen LogP) is 5.76. The molecule has 1 aromatic heterocycles. The molecule has 30 heavy (non-hydrogen) atoms. The van der Waals surface area contributed by atoms with Crippen LogP contribution in [0.4, 0.5) is 23.0 Å². The Morgan fingerprint density at radius 1 is 0.967 bits per heavy atom. The summed E-state index contributed by atoms with van der Waals surface area (Å²) >= 11 is 7.39. The van der Waals surface area contributed by atoms with Gasteiger partial charge in [-0.2, -0.15) is 0 Å². The standard InChI is InChI=1S/C20H14ClN5O3S/c21-15-9-8-13(27)11-18(15)24-19-20(23-17-7-2-1-6-16(17)22-19)25-30-14-5-3-4-12(10-14)26(28)29/h1-11,27H,(H,22,24)(H,23,25). The SMILES string of the molecule is O=[N+]([O-])c1cccc(SNc2nc3ccccc3nc2Nc2cc(O)ccc2Cl)c1. The monoisotopic (exact) mass is 439 g/mol. The third kappa shape index (κ3) is 4.37. The highest BCUT2D eigenvalue weighted by atomic mass is 35.5. The topological polar surface area (TPSA) is 113 Å². The zero-order valence-corrected chi connectivity index (χ0v) is 16.8. The maximum Gasteiger partial charge on any atom is 0.270 e. The third-order valence-electron chi connectivity index (χ3n) is 4.07. The zero-order valence-electron chi connectivity index (χ0n) is 15.2. The minimum Gasteiger partial charge on any atom is -0.508 e. The van der Waals surface area contributed by atoms with Crippen molar-refractivity contribution < 1.29 is 10.0 Å². The fourth-order valence-corrected chi connectivity index (χ4v) is 3.51. The van der Waals surface area contributed by atoms with Gasteiger partial charge < -0.3 is 15.1 Å². The van der Waals surface area contributed by atoms with Crippen LogP contribution in [-0.4, -0.2) is 20.0 Å². The van der Waals surface area contributed by atoms with Crippen molar-refractivity contribution in [1.82, 2.24) is 9.97 Å². The number of fused-ring (bicyclic) bond motifs is 1. The molecule has 150 valence electrons. The number of aromatic nitrogens is 2. The average molecular weight is 440 g/mol. The van der Waals surface area contributed by atoms with Gasteiger partial charge in [0.15, 0.2) is 11.6 Å². The Morgan fingerprint density at radius 2 is 1.70 bits per heavy atom. The van der Waals surface area contributed by atoms with Gasteiger partial charge in [-0.15, -0.1) is 0 Å². The molecule has 1 heterocycles. The minimum atomic E-state index is -0.448. The van der Waals surface area contributed by atoms with Gasteiger partial charge in [-0.25, -0.2) is 9.97 Å². The summed E-state index contributed by atoms with van der Waals surface area (Å²) in [6.07, 6.45) is 0. The summed E-state index contributed by atoms with van der Waals surface area (Å²) in [6, 6.07) is 18.2. The molecule has 4 rings (SSSR count). The first-order chi connectivity index (χ1) is 14.5. The number of non-ortho nitro benzene ring substituents is 1. The Balaban J connectivity index is 1.68. The molecule has 0 aliphatic rings. The van der Waals surface area contributed by atoms with Gasteiger partial charge in [-0.3, -0.25) is 10.1 Å². The zero-order chi connectivity index (χ0) is 21.1. The van der Waals surface area contributed by atoms with Gasteiger partial charge in [0.05, 0.1) is 26.7 Å². The van der Waals surface area contributed by atoms with Crippen LogP contribution in [0.5, 0.6) is 5.75 Å². The van der Waals surface area contributed by atoms with Crippen molar-refractivity contribution in [1.29, 1.82) is 0 Å². The fourth-order valence-electron chi connectivity index (χ4n) is 2.66. The molecule has 0 aliphatic carbocycles. The summed E-state index contributed by atoms with van der Waals surface area (Å²) in [5, 5.41) is 24.3. The predicted molar refractivity (Wildman–Crippen MR) is 119 cm³/mol. The summed E-state index contributed by atoms with van der Waals surface area (Å²) < 4.78 is 3.09. The van der Waals surface area contributed by atoms with E-state index in [1.54, 1.807) is 18.2 Å². The first kappa shape index (κ1) is 19.7. The highest BCUT2D eigenvalue weighted by Gasteiger charge is 2.13. The highest BCUT2D eigenvalue weighted by molar-refractivity contribution is 8.00. The normalized spacial score (nSPS) is 10.7. The molecule has 0 saturated carbocycles. The van der Waals surface area contributed by atoms with E-state index in [1.165, 1.54) is 36.2 Å². The number of phenols is 1. The van der Waals surface area contributed by atoms with E-state index in [9.17, 15) is 15.2 Å². The minimum absolute atomic E-state index is 0.00344. The number of benzene rings is 3. The summed E-state index contributed by atoms with van der Waals surface area (Å²) in [5.41, 5.74) is 1.80. The first-order valence-corrected chi connectivity index (χ1v) is 9.89. The molecular formula is C20H14ClN5O3S. The largest absolute Gasteiger partial charge is 0.508 e. The number of nitrogens with zero attached hydrogens (tertiary/aromatic N) is 3. The lowest BCUT2D eigenvalue weighted by Crippen LogP contribution is -2.02. The molecule has 0 radical (unpaired) electrons. The lowest BCUT2D eigenvalue weighted by molar-refractivity contribution is -0.385. The van der Waals surface area contributed by atoms with Crippen LogP contribution in [0.2, 0.25) is 5.02 Å². The molecule has 0 spiro atoms. The van der Waals surface area contributed by atoms with E-state index < -0.39 is 4.92 Å². The Labute approximate surface area is 180 Å². The van der Waals surface area contributed by atoms with E-state index in [-0.39, 0.29) is 11.4 Å². The summed E-state index contributed by atoms with van der Waals surface area (Å²) in [6.45, 7) is 0. The van der Waals surface area contributed by atoms with E-state index in [1.807, 2.05) is 24.3 Å². The van der Waals surface area contributed by atoms with Crippen LogP contribution in [0.15, 0.2) is 71.6 Å². The maximum atomic E-state index is 11.0. The number of hydrogen-bond acceptors (Lipinski definition) is 8. The average Bonchev–Trinajstić information content (AvgIpc) is 2.75. The number of aromatic hydroxyl groups is 1. The quantitative estimate of drug-likeness (QED) is 0.197. The molecular weight excluding hydrogens is 426 g/mol. The second kappa shape index (κ2) is 8.44. The molecule has 0 aliphatic heterocycles. The van der Waals surface area contributed by atoms with Crippen molar-refractivity contribution in [2.24, 2.45) is 0 Å². The van der Waals surface area contributed by atoms with Gasteiger partial charge in [-0.1, -0.05) is 29.8 Å². The van der Waals surface area contributed by atoms with Gasteiger partial charge in [0.2, 0.25) is 0 Å². The lowest BCUT2D eigenvalue weighted by atomic mass is 10.3. The molecule has 4 aromatic rings. The van der Waals surface area contributed by atoms with Crippen molar-refractivity contribution in [3.63, 3.8) is 0 Å². The second-order valence-electron chi connectivity index (χ2n) is 6.16. The Kier molecular flexibility index (Phi) is 5.55. The van der Waals surface area contributed by atoms with Gasteiger partial charge in [0.1, 0.15) is 5.75 Å². The number of rotatable bonds is 6. The number of nitrogens with one attached hydrogen (secondary N) is 2. The molecule has 10 heteroatoms. The van der Waals surface area contributed by atoms with E-state index in [0.717, 1.165) is 0 Å². The van der Waals surface area contributed by atoms with E-state index in [4.69, 9.17) is 11.6 Å². The van der Waals surface area contributed by atoms with Gasteiger partial charge >= 0.3 is 0 Å². The maximum absolute atomic E-state index is 11.0. The molecule has 0 fully saturated rings. The number of para-hydroxylation sites is 2. The number of nitro benzene ring substituents is 1. The first-order valence-electron chi connectivity index (χ1n) is 8.69. The number of anilines is 3. The highest BCUT2D eigenvalue weighted by Crippen LogP contribution is 2.33. The summed E-state index contributed by atoms with van der Waals surface area (Å²) in [4.78, 5) is 20.4. The number of phenolic OH excluding ortho intramolecular Hbond substituents is 1. The molecule has 0 atom stereocenters. The Morgan fingerprint density at radius 3 is 2.43 bits per heavy atom. The summed E-state index contributed by atoms with van der Waals surface area (Å²) in [7, 11) is 0. The van der Waals surface area contributed by atoms with Crippen LogP contribution in [0.25, 0.3) is 11.0 Å². The molecule has 3 aromatic carbocycles. The van der Waals surface area contributed by atoms with E-state index in [2.05, 4.69) is 20.0 Å². The van der Waals surface area contributed by atoms with Crippen LogP contribution in [-0.2, 0) is 0 Å². The van der Waals surface area contributed by atoms with Crippen LogP contribution >= 0.6 is 23.5 Å².